The largest absolute Gasteiger partial charge is 0.460 e. The molecule has 1 aliphatic carbocycles. The van der Waals surface area contributed by atoms with Crippen LogP contribution in [0.2, 0.25) is 0 Å². The molecule has 1 saturated carbocycles. The summed E-state index contributed by atoms with van der Waals surface area (Å²) in [4.78, 5) is 15.6. The van der Waals surface area contributed by atoms with Crippen LogP contribution in [0.4, 0.5) is 0 Å². The molecule has 5 rings (SSSR count). The molecular weight excluding hydrogens is 354 g/mol. The molecule has 3 saturated heterocycles. The molecule has 4 aliphatic rings. The van der Waals surface area contributed by atoms with Gasteiger partial charge in [-0.15, -0.1) is 0 Å². The van der Waals surface area contributed by atoms with E-state index < -0.39 is 5.41 Å². The molecule has 4 fully saturated rings. The zero-order valence-electron chi connectivity index (χ0n) is 13.5. The maximum absolute atomic E-state index is 13.2. The van der Waals surface area contributed by atoms with Gasteiger partial charge in [0.2, 0.25) is 0 Å². The third kappa shape index (κ3) is 2.85. The topological polar surface area (TPSA) is 29.5 Å². The van der Waals surface area contributed by atoms with E-state index in [0.29, 0.717) is 5.92 Å². The number of nitrogens with zero attached hydrogens (tertiary/aromatic N) is 1. The number of ether oxygens (including phenoxy) is 1. The molecule has 3 aliphatic heterocycles. The standard InChI is InChI=1S/C19H24BrNO2/c20-16-5-3-4-15(12-16)19(8-1-2-9-19)18(22)23-17-13-21-10-6-14(17)7-11-21/h3-5,12,14,17H,1-2,6-11,13H2/t17-/m0/s1. The van der Waals surface area contributed by atoms with Crippen LogP contribution in [0.5, 0.6) is 0 Å². The summed E-state index contributed by atoms with van der Waals surface area (Å²) in [5.41, 5.74) is 0.700. The molecule has 3 heterocycles. The fourth-order valence-electron chi connectivity index (χ4n) is 4.67. The van der Waals surface area contributed by atoms with Crippen LogP contribution in [0, 0.1) is 5.92 Å². The first-order chi connectivity index (χ1) is 11.2. The van der Waals surface area contributed by atoms with Gasteiger partial charge in [0.15, 0.2) is 0 Å². The molecule has 0 spiro atoms. The Morgan fingerprint density at radius 2 is 1.96 bits per heavy atom. The fraction of sp³-hybridized carbons (Fsp3) is 0.632. The number of benzene rings is 1. The molecule has 124 valence electrons. The number of hydrogen-bond acceptors (Lipinski definition) is 3. The Kier molecular flexibility index (Phi) is 4.22. The SMILES string of the molecule is O=C(O[C@H]1CN2CCC1CC2)C1(c2cccc(Br)c2)CCCC1. The highest BCUT2D eigenvalue weighted by atomic mass is 79.9. The molecule has 0 radical (unpaired) electrons. The highest BCUT2D eigenvalue weighted by molar-refractivity contribution is 9.10. The van der Waals surface area contributed by atoms with Crippen molar-refractivity contribution in [2.24, 2.45) is 5.92 Å². The van der Waals surface area contributed by atoms with E-state index in [2.05, 4.69) is 33.0 Å². The van der Waals surface area contributed by atoms with Crippen LogP contribution in [0.1, 0.15) is 44.1 Å². The summed E-state index contributed by atoms with van der Waals surface area (Å²) in [7, 11) is 0. The zero-order valence-corrected chi connectivity index (χ0v) is 15.1. The molecule has 0 unspecified atom stereocenters. The third-order valence-electron chi connectivity index (χ3n) is 6.08. The second kappa shape index (κ2) is 6.21. The lowest BCUT2D eigenvalue weighted by atomic mass is 9.78. The maximum Gasteiger partial charge on any atom is 0.316 e. The number of rotatable bonds is 3. The lowest BCUT2D eigenvalue weighted by molar-refractivity contribution is -0.165. The quantitative estimate of drug-likeness (QED) is 0.748. The highest BCUT2D eigenvalue weighted by Gasteiger charge is 2.46. The van der Waals surface area contributed by atoms with Crippen LogP contribution >= 0.6 is 15.9 Å². The molecule has 23 heavy (non-hydrogen) atoms. The minimum absolute atomic E-state index is 0.0202. The van der Waals surface area contributed by atoms with Crippen molar-refractivity contribution in [3.63, 3.8) is 0 Å². The monoisotopic (exact) mass is 377 g/mol. The predicted molar refractivity (Wildman–Crippen MR) is 93.3 cm³/mol. The van der Waals surface area contributed by atoms with Crippen molar-refractivity contribution in [1.29, 1.82) is 0 Å². The van der Waals surface area contributed by atoms with Crippen molar-refractivity contribution in [3.05, 3.63) is 34.3 Å². The summed E-state index contributed by atoms with van der Waals surface area (Å²) < 4.78 is 7.15. The van der Waals surface area contributed by atoms with Crippen LogP contribution in [-0.4, -0.2) is 36.6 Å². The number of fused-ring (bicyclic) bond motifs is 3. The molecule has 0 aromatic heterocycles. The summed E-state index contributed by atoms with van der Waals surface area (Å²) in [5, 5.41) is 0. The molecule has 3 nitrogen and oxygen atoms in total. The van der Waals surface area contributed by atoms with E-state index in [-0.39, 0.29) is 12.1 Å². The second-order valence-electron chi connectivity index (χ2n) is 7.38. The van der Waals surface area contributed by atoms with Gasteiger partial charge < -0.3 is 4.74 Å². The molecule has 1 aromatic carbocycles. The Morgan fingerprint density at radius 1 is 1.22 bits per heavy atom. The van der Waals surface area contributed by atoms with Gasteiger partial charge in [-0.3, -0.25) is 9.69 Å². The summed E-state index contributed by atoms with van der Waals surface area (Å²) in [6, 6.07) is 8.24. The van der Waals surface area contributed by atoms with Gasteiger partial charge >= 0.3 is 5.97 Å². The predicted octanol–water partition coefficient (Wildman–Crippen LogP) is 3.90. The van der Waals surface area contributed by atoms with E-state index in [1.165, 1.54) is 25.9 Å². The van der Waals surface area contributed by atoms with E-state index in [1.807, 2.05) is 12.1 Å². The van der Waals surface area contributed by atoms with Crippen molar-refractivity contribution in [2.45, 2.75) is 50.0 Å². The van der Waals surface area contributed by atoms with Crippen LogP contribution in [0.25, 0.3) is 0 Å². The average Bonchev–Trinajstić information content (AvgIpc) is 3.07. The van der Waals surface area contributed by atoms with E-state index in [1.54, 1.807) is 0 Å². The van der Waals surface area contributed by atoms with Gasteiger partial charge in [-0.2, -0.15) is 0 Å². The van der Waals surface area contributed by atoms with Crippen LogP contribution < -0.4 is 0 Å². The van der Waals surface area contributed by atoms with E-state index in [4.69, 9.17) is 4.74 Å². The lowest BCUT2D eigenvalue weighted by Gasteiger charge is -2.45. The number of piperidine rings is 3. The minimum Gasteiger partial charge on any atom is -0.460 e. The first kappa shape index (κ1) is 15.6. The Labute approximate surface area is 146 Å². The van der Waals surface area contributed by atoms with E-state index >= 15 is 0 Å². The smallest absolute Gasteiger partial charge is 0.316 e. The van der Waals surface area contributed by atoms with Gasteiger partial charge in [0.25, 0.3) is 0 Å². The molecule has 2 bridgehead atoms. The molecule has 4 heteroatoms. The Balaban J connectivity index is 1.56. The van der Waals surface area contributed by atoms with Gasteiger partial charge in [-0.25, -0.2) is 0 Å². The van der Waals surface area contributed by atoms with Crippen LogP contribution in [0.3, 0.4) is 0 Å². The van der Waals surface area contributed by atoms with Gasteiger partial charge in [-0.05, 0) is 62.4 Å². The molecular formula is C19H24BrNO2. The normalized spacial score (nSPS) is 32.0. The lowest BCUT2D eigenvalue weighted by Crippen LogP contribution is -2.53. The molecule has 1 aromatic rings. The average molecular weight is 378 g/mol. The van der Waals surface area contributed by atoms with Gasteiger partial charge in [-0.1, -0.05) is 40.9 Å². The van der Waals surface area contributed by atoms with Crippen molar-refractivity contribution in [1.82, 2.24) is 4.90 Å². The van der Waals surface area contributed by atoms with E-state index in [9.17, 15) is 4.79 Å². The first-order valence-electron chi connectivity index (χ1n) is 8.87. The number of carbonyl (C=O) groups is 1. The van der Waals surface area contributed by atoms with Gasteiger partial charge in [0.1, 0.15) is 6.10 Å². The van der Waals surface area contributed by atoms with Gasteiger partial charge in [0.05, 0.1) is 5.41 Å². The van der Waals surface area contributed by atoms with Crippen molar-refractivity contribution in [2.75, 3.05) is 19.6 Å². The van der Waals surface area contributed by atoms with Crippen molar-refractivity contribution >= 4 is 21.9 Å². The number of carbonyl (C=O) groups excluding carboxylic acids is 1. The fourth-order valence-corrected chi connectivity index (χ4v) is 5.07. The summed E-state index contributed by atoms with van der Waals surface area (Å²) in [6.45, 7) is 3.29. The second-order valence-corrected chi connectivity index (χ2v) is 8.30. The van der Waals surface area contributed by atoms with Crippen LogP contribution in [-0.2, 0) is 14.9 Å². The van der Waals surface area contributed by atoms with Gasteiger partial charge in [0, 0.05) is 11.0 Å². The Hall–Kier alpha value is -0.870. The van der Waals surface area contributed by atoms with Crippen molar-refractivity contribution < 1.29 is 9.53 Å². The number of esters is 1. The molecule has 0 N–H and O–H groups in total. The Bertz CT molecular complexity index is 589. The third-order valence-corrected chi connectivity index (χ3v) is 6.57. The summed E-state index contributed by atoms with van der Waals surface area (Å²) in [6.07, 6.45) is 6.54. The summed E-state index contributed by atoms with van der Waals surface area (Å²) >= 11 is 3.55. The highest BCUT2D eigenvalue weighted by Crippen LogP contribution is 2.44. The Morgan fingerprint density at radius 3 is 2.57 bits per heavy atom. The first-order valence-corrected chi connectivity index (χ1v) is 9.66. The van der Waals surface area contributed by atoms with Crippen molar-refractivity contribution in [3.8, 4) is 0 Å². The maximum atomic E-state index is 13.2. The number of hydrogen-bond donors (Lipinski definition) is 0. The minimum atomic E-state index is -0.421. The molecule has 1 atom stereocenters. The zero-order chi connectivity index (χ0) is 15.9. The number of halogens is 1. The van der Waals surface area contributed by atoms with Crippen LogP contribution in [0.15, 0.2) is 28.7 Å². The molecule has 0 amide bonds. The summed E-state index contributed by atoms with van der Waals surface area (Å²) in [5.74, 6) is 0.594. The van der Waals surface area contributed by atoms with E-state index in [0.717, 1.165) is 42.3 Å².